The third kappa shape index (κ3) is 7.89. The minimum Gasteiger partial charge on any atom is -0.489 e. The molecule has 5 aliphatic heterocycles. The highest BCUT2D eigenvalue weighted by Crippen LogP contribution is 2.37. The Morgan fingerprint density at radius 2 is 1.44 bits per heavy atom. The van der Waals surface area contributed by atoms with Gasteiger partial charge in [-0.3, -0.25) is 39.1 Å². The van der Waals surface area contributed by atoms with Crippen LogP contribution in [0.1, 0.15) is 99.3 Å². The summed E-state index contributed by atoms with van der Waals surface area (Å²) in [7, 11) is 0. The Kier molecular flexibility index (Phi) is 10.7. The zero-order chi connectivity index (χ0) is 42.6. The molecule has 6 aliphatic rings. The molecular formula is C44H45F3N8O6. The van der Waals surface area contributed by atoms with E-state index in [0.29, 0.717) is 49.3 Å². The maximum atomic E-state index is 13.5. The molecule has 9 rings (SSSR count). The van der Waals surface area contributed by atoms with E-state index in [9.17, 15) is 37.1 Å². The van der Waals surface area contributed by atoms with E-state index in [2.05, 4.69) is 31.1 Å². The van der Waals surface area contributed by atoms with Crippen LogP contribution in [-0.4, -0.2) is 113 Å². The van der Waals surface area contributed by atoms with Gasteiger partial charge in [0.25, 0.3) is 17.7 Å². The number of hydrogen-bond acceptors (Lipinski definition) is 11. The van der Waals surface area contributed by atoms with Crippen molar-refractivity contribution in [2.75, 3.05) is 55.6 Å². The molecule has 5 amide bonds. The summed E-state index contributed by atoms with van der Waals surface area (Å²) in [5.74, 6) is -1.52. The van der Waals surface area contributed by atoms with Gasteiger partial charge in [-0.25, -0.2) is 4.98 Å². The number of anilines is 2. The Morgan fingerprint density at radius 3 is 2.13 bits per heavy atom. The van der Waals surface area contributed by atoms with Crippen molar-refractivity contribution in [2.24, 2.45) is 5.92 Å². The number of amides is 5. The molecule has 61 heavy (non-hydrogen) atoms. The number of fused-ring (bicyclic) bond motifs is 2. The van der Waals surface area contributed by atoms with Crippen LogP contribution in [0, 0.1) is 17.2 Å². The number of piperazine rings is 1. The summed E-state index contributed by atoms with van der Waals surface area (Å²) in [6.45, 7) is 6.76. The zero-order valence-electron chi connectivity index (χ0n) is 33.5. The lowest BCUT2D eigenvalue weighted by Crippen LogP contribution is -2.54. The number of aromatic nitrogens is 1. The van der Waals surface area contributed by atoms with Gasteiger partial charge in [0.15, 0.2) is 5.69 Å². The highest BCUT2D eigenvalue weighted by molar-refractivity contribution is 6.23. The molecule has 1 atom stereocenters. The van der Waals surface area contributed by atoms with Crippen molar-refractivity contribution in [3.05, 3.63) is 82.2 Å². The summed E-state index contributed by atoms with van der Waals surface area (Å²) in [6, 6.07) is 12.7. The third-order valence-corrected chi connectivity index (χ3v) is 13.2. The first-order valence-electron chi connectivity index (χ1n) is 21.0. The van der Waals surface area contributed by atoms with Crippen LogP contribution in [-0.2, 0) is 22.3 Å². The van der Waals surface area contributed by atoms with Gasteiger partial charge in [0.1, 0.15) is 17.9 Å². The summed E-state index contributed by atoms with van der Waals surface area (Å²) >= 11 is 0. The lowest BCUT2D eigenvalue weighted by Gasteiger charge is -2.40. The molecule has 1 unspecified atom stereocenters. The van der Waals surface area contributed by atoms with Crippen molar-refractivity contribution in [1.82, 2.24) is 25.0 Å². The van der Waals surface area contributed by atoms with Crippen molar-refractivity contribution in [1.29, 1.82) is 5.26 Å². The molecule has 3 aromatic rings. The molecular weight excluding hydrogens is 794 g/mol. The number of halogens is 3. The van der Waals surface area contributed by atoms with Crippen LogP contribution >= 0.6 is 0 Å². The first-order chi connectivity index (χ1) is 29.3. The number of alkyl halides is 3. The third-order valence-electron chi connectivity index (χ3n) is 13.2. The van der Waals surface area contributed by atoms with Gasteiger partial charge in [0.05, 0.1) is 29.0 Å². The fourth-order valence-corrected chi connectivity index (χ4v) is 9.89. The van der Waals surface area contributed by atoms with E-state index in [-0.39, 0.29) is 42.2 Å². The van der Waals surface area contributed by atoms with Gasteiger partial charge in [-0.1, -0.05) is 0 Å². The lowest BCUT2D eigenvalue weighted by atomic mass is 9.92. The Bertz CT molecular complexity index is 2330. The second kappa shape index (κ2) is 16.1. The van der Waals surface area contributed by atoms with E-state index in [0.717, 1.165) is 92.8 Å². The van der Waals surface area contributed by atoms with Gasteiger partial charge >= 0.3 is 6.18 Å². The minimum absolute atomic E-state index is 0.00378. The summed E-state index contributed by atoms with van der Waals surface area (Å²) < 4.78 is 46.1. The smallest absolute Gasteiger partial charge is 0.419 e. The largest absolute Gasteiger partial charge is 0.489 e. The molecule has 0 bridgehead atoms. The number of piperidine rings is 2. The molecule has 0 spiro atoms. The molecule has 0 radical (unpaired) electrons. The van der Waals surface area contributed by atoms with Crippen LogP contribution in [0.15, 0.2) is 48.7 Å². The van der Waals surface area contributed by atoms with Crippen molar-refractivity contribution in [3.8, 4) is 11.8 Å². The van der Waals surface area contributed by atoms with Crippen molar-refractivity contribution < 1.29 is 41.9 Å². The van der Waals surface area contributed by atoms with E-state index in [1.807, 2.05) is 23.1 Å². The first kappa shape index (κ1) is 40.4. The monoisotopic (exact) mass is 838 g/mol. The number of nitrogens with zero attached hydrogens (tertiary/aromatic N) is 7. The number of carbonyl (C=O) groups is 5. The average molecular weight is 839 g/mol. The highest BCUT2D eigenvalue weighted by atomic mass is 19.4. The molecule has 1 N–H and O–H groups in total. The first-order valence-corrected chi connectivity index (χ1v) is 21.0. The van der Waals surface area contributed by atoms with E-state index >= 15 is 0 Å². The molecule has 1 aliphatic carbocycles. The second-order valence-corrected chi connectivity index (χ2v) is 16.9. The van der Waals surface area contributed by atoms with Crippen LogP contribution in [0.5, 0.6) is 5.75 Å². The van der Waals surface area contributed by atoms with E-state index < -0.39 is 47.1 Å². The summed E-state index contributed by atoms with van der Waals surface area (Å²) in [5, 5.41) is 11.3. The molecule has 318 valence electrons. The van der Waals surface area contributed by atoms with Gasteiger partial charge in [-0.2, -0.15) is 18.4 Å². The Hall–Kier alpha value is -6.02. The van der Waals surface area contributed by atoms with E-state index in [1.54, 1.807) is 12.1 Å². The standard InChI is InChI=1S/C44H45F3N8O6/c45-44(46,47)36-21-32(23-49-37(36)22-48)61-31-5-1-28(2-6-31)54-25-27-19-29(3-7-33(27)41(54)58)53-17-15-51(16-18-53)24-26-11-13-52(14-12-26)30-4-8-34-35(20-30)43(60)55(42(34)59)38-9-10-39(56)50-40(38)57/h3-4,7-8,19-21,23,26,28,31,38H,1-2,5-6,9-18,24-25H2,(H,50,56,57)/t28-,31-,38?. The Labute approximate surface area is 350 Å². The number of nitriles is 1. The Morgan fingerprint density at radius 1 is 0.770 bits per heavy atom. The molecule has 3 saturated heterocycles. The van der Waals surface area contributed by atoms with Crippen LogP contribution in [0.3, 0.4) is 0 Å². The van der Waals surface area contributed by atoms with Crippen LogP contribution < -0.4 is 19.9 Å². The van der Waals surface area contributed by atoms with E-state index in [4.69, 9.17) is 10.00 Å². The number of ether oxygens (including phenoxy) is 1. The van der Waals surface area contributed by atoms with Gasteiger partial charge in [-0.15, -0.1) is 0 Å². The quantitative estimate of drug-likeness (QED) is 0.312. The molecule has 2 aromatic carbocycles. The average Bonchev–Trinajstić information content (AvgIpc) is 3.72. The SMILES string of the molecule is N#Cc1ncc(O[C@H]2CC[C@H](N3Cc4cc(N5CCN(CC6CCN(c7ccc8c(c7)C(=O)N(C7CCC(=O)NC7=O)C8=O)CC6)CC5)ccc4C3=O)CC2)cc1C(F)(F)F. The predicted molar refractivity (Wildman–Crippen MR) is 214 cm³/mol. The topological polar surface area (TPSA) is 159 Å². The highest BCUT2D eigenvalue weighted by Gasteiger charge is 2.45. The van der Waals surface area contributed by atoms with Gasteiger partial charge in [0.2, 0.25) is 11.8 Å². The van der Waals surface area contributed by atoms with Crippen molar-refractivity contribution >= 4 is 40.9 Å². The molecule has 14 nitrogen and oxygen atoms in total. The molecule has 6 heterocycles. The fraction of sp³-hybridized carbons (Fsp3) is 0.477. The summed E-state index contributed by atoms with van der Waals surface area (Å²) in [4.78, 5) is 77.8. The minimum atomic E-state index is -4.71. The maximum absolute atomic E-state index is 13.5. The fourth-order valence-electron chi connectivity index (χ4n) is 9.89. The number of pyridine rings is 1. The molecule has 1 saturated carbocycles. The van der Waals surface area contributed by atoms with Crippen LogP contribution in [0.25, 0.3) is 0 Å². The predicted octanol–water partition coefficient (Wildman–Crippen LogP) is 4.76. The van der Waals surface area contributed by atoms with Crippen molar-refractivity contribution in [2.45, 2.75) is 82.3 Å². The number of carbonyl (C=O) groups excluding carboxylic acids is 5. The summed E-state index contributed by atoms with van der Waals surface area (Å²) in [6.07, 6.45) is 0.801. The second-order valence-electron chi connectivity index (χ2n) is 16.9. The van der Waals surface area contributed by atoms with E-state index in [1.165, 1.54) is 6.07 Å². The molecule has 1 aromatic heterocycles. The van der Waals surface area contributed by atoms with Crippen LogP contribution in [0.4, 0.5) is 24.5 Å². The lowest BCUT2D eigenvalue weighted by molar-refractivity contribution is -0.138. The number of imide groups is 2. The van der Waals surface area contributed by atoms with Gasteiger partial charge < -0.3 is 19.4 Å². The maximum Gasteiger partial charge on any atom is 0.419 e. The van der Waals surface area contributed by atoms with Crippen LogP contribution in [0.2, 0.25) is 0 Å². The summed E-state index contributed by atoms with van der Waals surface area (Å²) in [5.41, 5.74) is 2.46. The van der Waals surface area contributed by atoms with Gasteiger partial charge in [0, 0.05) is 81.8 Å². The molecule has 4 fully saturated rings. The number of rotatable bonds is 8. The number of hydrogen-bond donors (Lipinski definition) is 1. The number of nitrogens with one attached hydrogen (secondary N) is 1. The van der Waals surface area contributed by atoms with Gasteiger partial charge in [-0.05, 0) is 98.9 Å². The number of benzene rings is 2. The Balaban J connectivity index is 0.729. The molecule has 17 heteroatoms. The van der Waals surface area contributed by atoms with Crippen molar-refractivity contribution in [3.63, 3.8) is 0 Å². The normalized spacial score (nSPS) is 23.9. The zero-order valence-corrected chi connectivity index (χ0v) is 33.5.